The first-order valence-electron chi connectivity index (χ1n) is 13.5. The molecular formula is C31H42O6. The van der Waals surface area contributed by atoms with Crippen LogP contribution in [0.1, 0.15) is 83.5 Å². The highest BCUT2D eigenvalue weighted by atomic mass is 16.6. The normalized spacial score (nSPS) is 24.0. The molecule has 0 aliphatic heterocycles. The van der Waals surface area contributed by atoms with Crippen molar-refractivity contribution in [2.75, 3.05) is 0 Å². The van der Waals surface area contributed by atoms with Crippen LogP contribution in [-0.4, -0.2) is 45.6 Å². The molecule has 0 amide bonds. The van der Waals surface area contributed by atoms with Gasteiger partial charge >= 0.3 is 11.9 Å². The summed E-state index contributed by atoms with van der Waals surface area (Å²) < 4.78 is 4.86. The Hall–Kier alpha value is -2.64. The van der Waals surface area contributed by atoms with Crippen molar-refractivity contribution in [2.45, 2.75) is 102 Å². The Labute approximate surface area is 221 Å². The summed E-state index contributed by atoms with van der Waals surface area (Å²) in [5.74, 6) is 2.69. The molecule has 0 aromatic heterocycles. The number of hydrogen-bond acceptors (Lipinski definition) is 6. The van der Waals surface area contributed by atoms with E-state index >= 15 is 0 Å². The van der Waals surface area contributed by atoms with Crippen LogP contribution in [0.5, 0.6) is 0 Å². The molecule has 0 saturated heterocycles. The Morgan fingerprint density at radius 3 is 2.49 bits per heavy atom. The maximum absolute atomic E-state index is 12.0. The molecule has 2 rings (SSSR count). The highest BCUT2D eigenvalue weighted by Crippen LogP contribution is 2.38. The minimum atomic E-state index is -0.677. The molecule has 5 unspecified atom stereocenters. The van der Waals surface area contributed by atoms with E-state index in [0.29, 0.717) is 44.9 Å². The third-order valence-corrected chi connectivity index (χ3v) is 7.30. The minimum Gasteiger partial charge on any atom is -0.393 e. The fourth-order valence-corrected chi connectivity index (χ4v) is 5.13. The van der Waals surface area contributed by atoms with E-state index in [1.54, 1.807) is 0 Å². The maximum Gasteiger partial charge on any atom is 0.318 e. The van der Waals surface area contributed by atoms with Crippen LogP contribution in [0, 0.1) is 42.4 Å². The van der Waals surface area contributed by atoms with Gasteiger partial charge in [0, 0.05) is 19.3 Å². The van der Waals surface area contributed by atoms with Gasteiger partial charge in [-0.25, -0.2) is 0 Å². The SMILES string of the molecule is C#CCC(CC#C)C(=O)OC(=O)CCCC=CCC1C(O)CC(O)C1CCC(O)CCC1=CCCC=C1. The van der Waals surface area contributed by atoms with Gasteiger partial charge in [0.25, 0.3) is 0 Å². The van der Waals surface area contributed by atoms with E-state index in [-0.39, 0.29) is 31.1 Å². The van der Waals surface area contributed by atoms with Gasteiger partial charge in [-0.15, -0.1) is 24.7 Å². The van der Waals surface area contributed by atoms with Gasteiger partial charge in [0.1, 0.15) is 0 Å². The minimum absolute atomic E-state index is 0.0527. The topological polar surface area (TPSA) is 104 Å². The Kier molecular flexibility index (Phi) is 14.0. The van der Waals surface area contributed by atoms with Crippen molar-refractivity contribution < 1.29 is 29.6 Å². The number of carbonyl (C=O) groups is 2. The van der Waals surface area contributed by atoms with Gasteiger partial charge in [-0.05, 0) is 76.0 Å². The largest absolute Gasteiger partial charge is 0.393 e. The van der Waals surface area contributed by atoms with Crippen LogP contribution in [-0.2, 0) is 14.3 Å². The summed E-state index contributed by atoms with van der Waals surface area (Å²) in [5, 5.41) is 31.4. The van der Waals surface area contributed by atoms with Gasteiger partial charge in [0.15, 0.2) is 0 Å². The molecule has 0 radical (unpaired) electrons. The van der Waals surface area contributed by atoms with Crippen molar-refractivity contribution in [2.24, 2.45) is 17.8 Å². The molecule has 2 aliphatic rings. The quantitative estimate of drug-likeness (QED) is 0.0992. The lowest BCUT2D eigenvalue weighted by molar-refractivity contribution is -0.162. The van der Waals surface area contributed by atoms with Crippen molar-refractivity contribution in [1.29, 1.82) is 0 Å². The highest BCUT2D eigenvalue weighted by molar-refractivity contribution is 5.87. The number of ether oxygens (including phenoxy) is 1. The fraction of sp³-hybridized carbons (Fsp3) is 0.613. The summed E-state index contributed by atoms with van der Waals surface area (Å²) in [7, 11) is 0. The number of esters is 2. The standard InChI is InChI=1S/C31H42O6/c1-3-12-24(13-4-2)31(36)37-30(35)17-11-6-5-10-16-26-27(29(34)22-28(26)33)21-20-25(32)19-18-23-14-8-7-9-15-23/h1-2,5,8,10,14-15,24-29,32-34H,6-7,9,11-13,16-22H2. The van der Waals surface area contributed by atoms with Gasteiger partial charge in [0.2, 0.25) is 0 Å². The molecule has 0 spiro atoms. The summed E-state index contributed by atoms with van der Waals surface area (Å²) >= 11 is 0. The Bertz CT molecular complexity index is 886. The lowest BCUT2D eigenvalue weighted by Gasteiger charge is -2.23. The summed E-state index contributed by atoms with van der Waals surface area (Å²) in [6, 6.07) is 0. The first kappa shape index (κ1) is 30.6. The van der Waals surface area contributed by atoms with Crippen molar-refractivity contribution in [3.05, 3.63) is 36.0 Å². The van der Waals surface area contributed by atoms with Crippen LogP contribution in [0.2, 0.25) is 0 Å². The maximum atomic E-state index is 12.0. The summed E-state index contributed by atoms with van der Waals surface area (Å²) in [4.78, 5) is 23.9. The lowest BCUT2D eigenvalue weighted by atomic mass is 9.85. The van der Waals surface area contributed by atoms with E-state index in [9.17, 15) is 24.9 Å². The zero-order valence-corrected chi connectivity index (χ0v) is 21.8. The Morgan fingerprint density at radius 1 is 1.08 bits per heavy atom. The lowest BCUT2D eigenvalue weighted by Crippen LogP contribution is -2.23. The molecule has 202 valence electrons. The van der Waals surface area contributed by atoms with Crippen LogP contribution >= 0.6 is 0 Å². The number of hydrogen-bond donors (Lipinski definition) is 3. The molecule has 0 aromatic carbocycles. The molecule has 5 atom stereocenters. The van der Waals surface area contributed by atoms with Crippen molar-refractivity contribution >= 4 is 11.9 Å². The molecule has 3 N–H and O–H groups in total. The fourth-order valence-electron chi connectivity index (χ4n) is 5.13. The number of allylic oxidation sites excluding steroid dienone is 6. The van der Waals surface area contributed by atoms with Crippen molar-refractivity contribution in [3.63, 3.8) is 0 Å². The third kappa shape index (κ3) is 11.1. The predicted molar refractivity (Wildman–Crippen MR) is 144 cm³/mol. The molecule has 2 aliphatic carbocycles. The summed E-state index contributed by atoms with van der Waals surface area (Å²) in [6.07, 6.45) is 26.9. The van der Waals surface area contributed by atoms with Crippen LogP contribution in [0.3, 0.4) is 0 Å². The highest BCUT2D eigenvalue weighted by Gasteiger charge is 2.40. The van der Waals surface area contributed by atoms with E-state index in [1.165, 1.54) is 5.57 Å². The van der Waals surface area contributed by atoms with Crippen LogP contribution in [0.25, 0.3) is 0 Å². The van der Waals surface area contributed by atoms with Gasteiger partial charge in [-0.1, -0.05) is 36.0 Å². The summed E-state index contributed by atoms with van der Waals surface area (Å²) in [5.41, 5.74) is 1.28. The van der Waals surface area contributed by atoms with Gasteiger partial charge in [-0.3, -0.25) is 9.59 Å². The van der Waals surface area contributed by atoms with Crippen LogP contribution in [0.15, 0.2) is 36.0 Å². The first-order valence-corrected chi connectivity index (χ1v) is 13.5. The van der Waals surface area contributed by atoms with Crippen molar-refractivity contribution in [1.82, 2.24) is 0 Å². The second kappa shape index (κ2) is 17.0. The zero-order chi connectivity index (χ0) is 27.0. The average Bonchev–Trinajstić information content (AvgIpc) is 3.15. The van der Waals surface area contributed by atoms with E-state index in [0.717, 1.165) is 19.3 Å². The predicted octanol–water partition coefficient (Wildman–Crippen LogP) is 4.39. The number of unbranched alkanes of at least 4 members (excludes halogenated alkanes) is 1. The second-order valence-electron chi connectivity index (χ2n) is 10.1. The molecule has 1 fully saturated rings. The molecule has 0 heterocycles. The smallest absolute Gasteiger partial charge is 0.318 e. The molecule has 6 heteroatoms. The molecule has 6 nitrogen and oxygen atoms in total. The zero-order valence-electron chi connectivity index (χ0n) is 21.8. The monoisotopic (exact) mass is 510 g/mol. The van der Waals surface area contributed by atoms with Crippen LogP contribution < -0.4 is 0 Å². The molecular weight excluding hydrogens is 468 g/mol. The van der Waals surface area contributed by atoms with Crippen LogP contribution in [0.4, 0.5) is 0 Å². The van der Waals surface area contributed by atoms with Crippen molar-refractivity contribution in [3.8, 4) is 24.7 Å². The number of rotatable bonds is 15. The summed E-state index contributed by atoms with van der Waals surface area (Å²) in [6.45, 7) is 0. The Morgan fingerprint density at radius 2 is 1.81 bits per heavy atom. The molecule has 37 heavy (non-hydrogen) atoms. The Balaban J connectivity index is 1.69. The van der Waals surface area contributed by atoms with E-state index in [2.05, 4.69) is 30.1 Å². The number of aliphatic hydroxyl groups excluding tert-OH is 3. The average molecular weight is 511 g/mol. The second-order valence-corrected chi connectivity index (χ2v) is 10.1. The third-order valence-electron chi connectivity index (χ3n) is 7.30. The molecule has 1 saturated carbocycles. The first-order chi connectivity index (χ1) is 17.8. The van der Waals surface area contributed by atoms with Gasteiger partial charge in [0.05, 0.1) is 24.2 Å². The van der Waals surface area contributed by atoms with E-state index in [1.807, 2.05) is 12.2 Å². The number of terminal acetylenes is 2. The van der Waals surface area contributed by atoms with Gasteiger partial charge < -0.3 is 20.1 Å². The van der Waals surface area contributed by atoms with Gasteiger partial charge in [-0.2, -0.15) is 0 Å². The van der Waals surface area contributed by atoms with E-state index < -0.39 is 36.2 Å². The number of aliphatic hydroxyl groups is 3. The number of carbonyl (C=O) groups excluding carboxylic acids is 2. The molecule has 0 bridgehead atoms. The van der Waals surface area contributed by atoms with E-state index in [4.69, 9.17) is 17.6 Å². The molecule has 0 aromatic rings.